The number of amides is 1. The number of thiophene rings is 1. The number of ether oxygens (including phenoxy) is 1. The smallest absolute Gasteiger partial charge is 0.343 e. The third kappa shape index (κ3) is 2.96. The van der Waals surface area contributed by atoms with E-state index in [0.29, 0.717) is 15.4 Å². The van der Waals surface area contributed by atoms with Gasteiger partial charge in [-0.2, -0.15) is 0 Å². The highest BCUT2D eigenvalue weighted by atomic mass is 32.1. The lowest BCUT2D eigenvalue weighted by atomic mass is 10.2. The van der Waals surface area contributed by atoms with Crippen LogP contribution < -0.4 is 16.0 Å². The summed E-state index contributed by atoms with van der Waals surface area (Å²) in [4.78, 5) is 28.1. The van der Waals surface area contributed by atoms with E-state index in [4.69, 9.17) is 10.5 Å². The molecule has 0 unspecified atom stereocenters. The highest BCUT2D eigenvalue weighted by Gasteiger charge is 2.30. The normalized spacial score (nSPS) is 14.9. The summed E-state index contributed by atoms with van der Waals surface area (Å²) in [5.41, 5.74) is 6.55. The largest absolute Gasteiger partial charge is 0.465 e. The summed E-state index contributed by atoms with van der Waals surface area (Å²) >= 11 is 1.25. The van der Waals surface area contributed by atoms with Crippen molar-refractivity contribution in [3.8, 4) is 0 Å². The Labute approximate surface area is 127 Å². The number of hydrogen-bond donors (Lipinski definition) is 2. The molecule has 1 saturated heterocycles. The van der Waals surface area contributed by atoms with Gasteiger partial charge in [0.05, 0.1) is 12.8 Å². The van der Waals surface area contributed by atoms with Crippen molar-refractivity contribution in [2.24, 2.45) is 0 Å². The molecule has 1 amide bonds. The van der Waals surface area contributed by atoms with E-state index in [-0.39, 0.29) is 11.6 Å². The molecule has 8 heteroatoms. The van der Waals surface area contributed by atoms with Crippen molar-refractivity contribution in [3.05, 3.63) is 10.4 Å². The summed E-state index contributed by atoms with van der Waals surface area (Å²) in [6.07, 6.45) is 0. The molecule has 1 aliphatic heterocycles. The Balaban J connectivity index is 2.49. The Morgan fingerprint density at radius 3 is 2.48 bits per heavy atom. The number of nitrogens with two attached hydrogens (primary N) is 1. The number of carbonyl (C=O) groups excluding carboxylic acids is 2. The van der Waals surface area contributed by atoms with Crippen LogP contribution in [0.5, 0.6) is 0 Å². The van der Waals surface area contributed by atoms with Crippen molar-refractivity contribution < 1.29 is 14.3 Å². The van der Waals surface area contributed by atoms with E-state index in [1.54, 1.807) is 14.1 Å². The van der Waals surface area contributed by atoms with Gasteiger partial charge in [-0.15, -0.1) is 11.3 Å². The van der Waals surface area contributed by atoms with Gasteiger partial charge in [0.25, 0.3) is 5.91 Å². The fourth-order valence-electron chi connectivity index (χ4n) is 2.18. The molecule has 0 aromatic carbocycles. The second-order valence-electron chi connectivity index (χ2n) is 4.95. The number of nitrogens with zero attached hydrogens (tertiary/aromatic N) is 2. The van der Waals surface area contributed by atoms with Gasteiger partial charge in [-0.3, -0.25) is 4.79 Å². The molecule has 7 nitrogen and oxygen atoms in total. The lowest BCUT2D eigenvalue weighted by Gasteiger charge is -2.28. The molecule has 0 aliphatic carbocycles. The van der Waals surface area contributed by atoms with Gasteiger partial charge < -0.3 is 25.6 Å². The van der Waals surface area contributed by atoms with Crippen molar-refractivity contribution in [2.75, 3.05) is 58.0 Å². The van der Waals surface area contributed by atoms with Crippen LogP contribution in [0.3, 0.4) is 0 Å². The molecule has 0 spiro atoms. The minimum Gasteiger partial charge on any atom is -0.465 e. The van der Waals surface area contributed by atoms with E-state index in [1.165, 1.54) is 23.3 Å². The predicted molar refractivity (Wildman–Crippen MR) is 83.2 cm³/mol. The predicted octanol–water partition coefficient (Wildman–Crippen LogP) is 0.228. The Hall–Kier alpha value is -1.80. The van der Waals surface area contributed by atoms with Crippen LogP contribution in [-0.2, 0) is 4.74 Å². The van der Waals surface area contributed by atoms with E-state index < -0.39 is 5.97 Å². The van der Waals surface area contributed by atoms with Gasteiger partial charge in [0.15, 0.2) is 0 Å². The van der Waals surface area contributed by atoms with Gasteiger partial charge in [-0.25, -0.2) is 4.79 Å². The molecular weight excluding hydrogens is 292 g/mol. The van der Waals surface area contributed by atoms with Crippen LogP contribution in [0.2, 0.25) is 0 Å². The molecule has 3 N–H and O–H groups in total. The second kappa shape index (κ2) is 6.31. The molecule has 1 fully saturated rings. The highest BCUT2D eigenvalue weighted by molar-refractivity contribution is 7.19. The third-order valence-electron chi connectivity index (χ3n) is 3.32. The Morgan fingerprint density at radius 1 is 1.33 bits per heavy atom. The monoisotopic (exact) mass is 312 g/mol. The number of hydrogen-bond acceptors (Lipinski definition) is 7. The summed E-state index contributed by atoms with van der Waals surface area (Å²) in [7, 11) is 4.63. The molecule has 0 radical (unpaired) electrons. The van der Waals surface area contributed by atoms with Gasteiger partial charge in [-0.1, -0.05) is 0 Å². The number of piperazine rings is 1. The van der Waals surface area contributed by atoms with Crippen molar-refractivity contribution >= 4 is 33.9 Å². The van der Waals surface area contributed by atoms with Crippen LogP contribution in [0.1, 0.15) is 20.0 Å². The summed E-state index contributed by atoms with van der Waals surface area (Å²) in [6, 6.07) is 0. The maximum absolute atomic E-state index is 12.2. The van der Waals surface area contributed by atoms with Crippen LogP contribution in [0.25, 0.3) is 0 Å². The van der Waals surface area contributed by atoms with Gasteiger partial charge in [0, 0.05) is 40.3 Å². The molecule has 0 saturated carbocycles. The number of carbonyl (C=O) groups is 2. The Bertz CT molecular complexity index is 550. The Kier molecular flexibility index (Phi) is 4.69. The minimum atomic E-state index is -0.505. The van der Waals surface area contributed by atoms with E-state index in [2.05, 4.69) is 10.2 Å². The number of esters is 1. The summed E-state index contributed by atoms with van der Waals surface area (Å²) in [5.74, 6) is -0.709. The summed E-state index contributed by atoms with van der Waals surface area (Å²) in [5, 5.41) is 3.96. The standard InChI is InChI=1S/C13H20N4O3S/c1-16(2)11(18)10-9(14)8(13(19)20-3)12(21-10)17-6-4-15-5-7-17/h15H,4-7,14H2,1-3H3. The zero-order valence-electron chi connectivity index (χ0n) is 12.4. The average molecular weight is 312 g/mol. The molecule has 1 aromatic rings. The minimum absolute atomic E-state index is 0.205. The van der Waals surface area contributed by atoms with Crippen LogP contribution in [0.15, 0.2) is 0 Å². The molecule has 21 heavy (non-hydrogen) atoms. The van der Waals surface area contributed by atoms with Crippen LogP contribution in [0, 0.1) is 0 Å². The van der Waals surface area contributed by atoms with Crippen molar-refractivity contribution in [1.29, 1.82) is 0 Å². The molecular formula is C13H20N4O3S. The third-order valence-corrected chi connectivity index (χ3v) is 4.58. The zero-order valence-corrected chi connectivity index (χ0v) is 13.2. The van der Waals surface area contributed by atoms with E-state index >= 15 is 0 Å². The first kappa shape index (κ1) is 15.6. The second-order valence-corrected chi connectivity index (χ2v) is 5.95. The first-order chi connectivity index (χ1) is 9.97. The van der Waals surface area contributed by atoms with Crippen LogP contribution >= 0.6 is 11.3 Å². The van der Waals surface area contributed by atoms with Crippen LogP contribution in [0.4, 0.5) is 10.7 Å². The van der Waals surface area contributed by atoms with Gasteiger partial charge >= 0.3 is 5.97 Å². The van der Waals surface area contributed by atoms with Gasteiger partial charge in [-0.05, 0) is 0 Å². The average Bonchev–Trinajstić information content (AvgIpc) is 2.84. The molecule has 0 atom stereocenters. The number of nitrogen functional groups attached to an aromatic ring is 1. The SMILES string of the molecule is COC(=O)c1c(N2CCNCC2)sc(C(=O)N(C)C)c1N. The van der Waals surface area contributed by atoms with Gasteiger partial charge in [0.1, 0.15) is 15.4 Å². The van der Waals surface area contributed by atoms with Crippen LogP contribution in [-0.4, -0.2) is 64.2 Å². The van der Waals surface area contributed by atoms with Crippen molar-refractivity contribution in [1.82, 2.24) is 10.2 Å². The summed E-state index contributed by atoms with van der Waals surface area (Å²) < 4.78 is 4.82. The maximum Gasteiger partial charge on any atom is 0.343 e. The van der Waals surface area contributed by atoms with Crippen molar-refractivity contribution in [2.45, 2.75) is 0 Å². The first-order valence-corrected chi connectivity index (χ1v) is 7.47. The lowest BCUT2D eigenvalue weighted by Crippen LogP contribution is -2.43. The molecule has 2 rings (SSSR count). The molecule has 2 heterocycles. The number of rotatable bonds is 3. The van der Waals surface area contributed by atoms with E-state index in [9.17, 15) is 9.59 Å². The zero-order chi connectivity index (χ0) is 15.6. The molecule has 0 bridgehead atoms. The van der Waals surface area contributed by atoms with E-state index in [0.717, 1.165) is 26.2 Å². The highest BCUT2D eigenvalue weighted by Crippen LogP contribution is 2.39. The topological polar surface area (TPSA) is 87.9 Å². The molecule has 1 aliphatic rings. The summed E-state index contributed by atoms with van der Waals surface area (Å²) in [6.45, 7) is 3.18. The first-order valence-electron chi connectivity index (χ1n) is 6.65. The number of anilines is 2. The fourth-order valence-corrected chi connectivity index (χ4v) is 3.47. The van der Waals surface area contributed by atoms with Crippen molar-refractivity contribution in [3.63, 3.8) is 0 Å². The lowest BCUT2D eigenvalue weighted by molar-refractivity contribution is 0.0603. The molecule has 1 aromatic heterocycles. The maximum atomic E-state index is 12.2. The Morgan fingerprint density at radius 2 is 1.95 bits per heavy atom. The molecule has 116 valence electrons. The van der Waals surface area contributed by atoms with Gasteiger partial charge in [0.2, 0.25) is 0 Å². The quantitative estimate of drug-likeness (QED) is 0.777. The fraction of sp³-hybridized carbons (Fsp3) is 0.538. The van der Waals surface area contributed by atoms with E-state index in [1.807, 2.05) is 0 Å². The number of methoxy groups -OCH3 is 1. The number of nitrogens with one attached hydrogen (secondary N) is 1.